The maximum absolute atomic E-state index is 12.3. The number of piperidine rings is 1. The van der Waals surface area contributed by atoms with E-state index in [2.05, 4.69) is 0 Å². The Morgan fingerprint density at radius 3 is 2.28 bits per heavy atom. The van der Waals surface area contributed by atoms with Crippen molar-refractivity contribution < 1.29 is 19.4 Å². The van der Waals surface area contributed by atoms with Crippen LogP contribution in [0.25, 0.3) is 0 Å². The standard InChI is InChI=1S/C19H26ClNO4.2C2H6/c1-12-9-13-14(10-15(12)20)19(24-16(13)11-22)5-7-21(8-6-19)17(23)25-18(2,3)4;2*1-2/h9-10,16,22H,5-8,11H2,1-4H3;2*1-2H3. The summed E-state index contributed by atoms with van der Waals surface area (Å²) < 4.78 is 11.7. The molecule has 1 N–H and O–H groups in total. The smallest absolute Gasteiger partial charge is 0.410 e. The number of ether oxygens (including phenoxy) is 2. The van der Waals surface area contributed by atoms with Crippen molar-refractivity contribution in [3.05, 3.63) is 33.8 Å². The summed E-state index contributed by atoms with van der Waals surface area (Å²) in [6.07, 6.45) is 0.699. The highest BCUT2D eigenvalue weighted by molar-refractivity contribution is 6.31. The van der Waals surface area contributed by atoms with Crippen molar-refractivity contribution in [1.29, 1.82) is 0 Å². The van der Waals surface area contributed by atoms with Crippen LogP contribution in [0.3, 0.4) is 0 Å². The molecule has 1 atom stereocenters. The summed E-state index contributed by atoms with van der Waals surface area (Å²) in [6.45, 7) is 16.6. The summed E-state index contributed by atoms with van der Waals surface area (Å²) in [4.78, 5) is 14.0. The maximum atomic E-state index is 12.3. The highest BCUT2D eigenvalue weighted by atomic mass is 35.5. The summed E-state index contributed by atoms with van der Waals surface area (Å²) in [5, 5.41) is 10.4. The second kappa shape index (κ2) is 10.6. The molecule has 1 fully saturated rings. The molecule has 1 spiro atoms. The molecule has 0 aromatic heterocycles. The van der Waals surface area contributed by atoms with Crippen LogP contribution in [0.15, 0.2) is 12.1 Å². The molecule has 2 heterocycles. The molecule has 0 radical (unpaired) electrons. The summed E-state index contributed by atoms with van der Waals surface area (Å²) in [5.74, 6) is 0. The van der Waals surface area contributed by atoms with E-state index in [1.54, 1.807) is 4.90 Å². The topological polar surface area (TPSA) is 59.0 Å². The van der Waals surface area contributed by atoms with Gasteiger partial charge in [0.05, 0.1) is 12.2 Å². The second-order valence-electron chi connectivity index (χ2n) is 7.94. The zero-order chi connectivity index (χ0) is 22.4. The van der Waals surface area contributed by atoms with E-state index < -0.39 is 11.2 Å². The number of amides is 1. The lowest BCUT2D eigenvalue weighted by Gasteiger charge is -2.40. The zero-order valence-corrected chi connectivity index (χ0v) is 20.0. The van der Waals surface area contributed by atoms with Crippen molar-refractivity contribution >= 4 is 17.7 Å². The zero-order valence-electron chi connectivity index (χ0n) is 19.3. The van der Waals surface area contributed by atoms with Crippen LogP contribution in [0.5, 0.6) is 0 Å². The molecule has 0 bridgehead atoms. The fourth-order valence-electron chi connectivity index (χ4n) is 3.66. The highest BCUT2D eigenvalue weighted by Gasteiger charge is 2.47. The van der Waals surface area contributed by atoms with E-state index in [-0.39, 0.29) is 18.8 Å². The number of carbonyl (C=O) groups excluding carboxylic acids is 1. The molecule has 0 saturated carbocycles. The van der Waals surface area contributed by atoms with Crippen molar-refractivity contribution in [3.63, 3.8) is 0 Å². The largest absolute Gasteiger partial charge is 0.444 e. The first-order valence-electron chi connectivity index (χ1n) is 10.7. The quantitative estimate of drug-likeness (QED) is 0.597. The Morgan fingerprint density at radius 1 is 1.24 bits per heavy atom. The number of likely N-dealkylation sites (tertiary alicyclic amines) is 1. The van der Waals surface area contributed by atoms with Crippen LogP contribution in [-0.4, -0.2) is 41.4 Å². The number of halogens is 1. The number of aliphatic hydroxyl groups is 1. The number of aliphatic hydroxyl groups excluding tert-OH is 1. The molecule has 166 valence electrons. The summed E-state index contributed by atoms with van der Waals surface area (Å²) in [6, 6.07) is 3.97. The monoisotopic (exact) mass is 427 g/mol. The number of nitrogens with zero attached hydrogens (tertiary/aromatic N) is 1. The third-order valence-corrected chi connectivity index (χ3v) is 5.33. The van der Waals surface area contributed by atoms with Gasteiger partial charge in [-0.1, -0.05) is 45.4 Å². The fraction of sp³-hybridized carbons (Fsp3) is 0.696. The van der Waals surface area contributed by atoms with Crippen LogP contribution in [0.4, 0.5) is 4.79 Å². The first-order chi connectivity index (χ1) is 13.6. The van der Waals surface area contributed by atoms with Crippen LogP contribution < -0.4 is 0 Å². The predicted octanol–water partition coefficient (Wildman–Crippen LogP) is 5.99. The van der Waals surface area contributed by atoms with Crippen molar-refractivity contribution in [3.8, 4) is 0 Å². The summed E-state index contributed by atoms with van der Waals surface area (Å²) in [7, 11) is 0. The van der Waals surface area contributed by atoms with Crippen LogP contribution in [0.1, 0.15) is 84.1 Å². The van der Waals surface area contributed by atoms with Crippen LogP contribution >= 0.6 is 11.6 Å². The molecule has 5 nitrogen and oxygen atoms in total. The number of hydrogen-bond acceptors (Lipinski definition) is 4. The molecular weight excluding hydrogens is 390 g/mol. The van der Waals surface area contributed by atoms with Crippen molar-refractivity contribution in [1.82, 2.24) is 4.90 Å². The van der Waals surface area contributed by atoms with Gasteiger partial charge in [-0.2, -0.15) is 0 Å². The van der Waals surface area contributed by atoms with Gasteiger partial charge in [0.2, 0.25) is 0 Å². The van der Waals surface area contributed by atoms with Gasteiger partial charge in [-0.3, -0.25) is 0 Å². The number of fused-ring (bicyclic) bond motifs is 2. The fourth-order valence-corrected chi connectivity index (χ4v) is 3.83. The number of aryl methyl sites for hydroxylation is 1. The lowest BCUT2D eigenvalue weighted by atomic mass is 9.83. The number of hydrogen-bond donors (Lipinski definition) is 1. The van der Waals surface area contributed by atoms with Crippen molar-refractivity contribution in [2.75, 3.05) is 19.7 Å². The Labute approximate surface area is 181 Å². The van der Waals surface area contributed by atoms with Crippen molar-refractivity contribution in [2.45, 2.75) is 85.5 Å². The maximum Gasteiger partial charge on any atom is 0.410 e. The minimum Gasteiger partial charge on any atom is -0.444 e. The number of carbonyl (C=O) groups is 1. The summed E-state index contributed by atoms with van der Waals surface area (Å²) in [5.41, 5.74) is 2.04. The first-order valence-corrected chi connectivity index (χ1v) is 11.1. The Morgan fingerprint density at radius 2 is 1.79 bits per heavy atom. The number of rotatable bonds is 1. The Bertz CT molecular complexity index is 676. The summed E-state index contributed by atoms with van der Waals surface area (Å²) >= 11 is 6.33. The molecule has 1 saturated heterocycles. The SMILES string of the molecule is CC.CC.Cc1cc2c(cc1Cl)C1(CCN(C(=O)OC(C)(C)C)CC1)OC2CO. The van der Waals surface area contributed by atoms with Gasteiger partial charge < -0.3 is 19.5 Å². The van der Waals surface area contributed by atoms with Gasteiger partial charge in [0, 0.05) is 18.1 Å². The first kappa shape index (κ1) is 25.7. The Balaban J connectivity index is 0.000000989. The molecule has 0 aliphatic carbocycles. The third kappa shape index (κ3) is 5.87. The van der Waals surface area contributed by atoms with Gasteiger partial charge >= 0.3 is 6.09 Å². The van der Waals surface area contributed by atoms with Crippen LogP contribution in [0, 0.1) is 6.92 Å². The van der Waals surface area contributed by atoms with E-state index in [0.29, 0.717) is 31.0 Å². The number of benzene rings is 1. The van der Waals surface area contributed by atoms with E-state index >= 15 is 0 Å². The molecule has 1 aromatic carbocycles. The molecule has 29 heavy (non-hydrogen) atoms. The van der Waals surface area contributed by atoms with Crippen LogP contribution in [0.2, 0.25) is 5.02 Å². The lowest BCUT2D eigenvalue weighted by Crippen LogP contribution is -2.47. The Hall–Kier alpha value is -1.30. The molecular formula is C23H38ClNO4. The second-order valence-corrected chi connectivity index (χ2v) is 8.35. The minimum absolute atomic E-state index is 0.0639. The molecule has 2 aliphatic heterocycles. The molecule has 3 rings (SSSR count). The van der Waals surface area contributed by atoms with Crippen molar-refractivity contribution in [2.24, 2.45) is 0 Å². The molecule has 1 unspecified atom stereocenters. The van der Waals surface area contributed by atoms with Crippen LogP contribution in [-0.2, 0) is 15.1 Å². The lowest BCUT2D eigenvalue weighted by molar-refractivity contribution is -0.121. The average molecular weight is 428 g/mol. The van der Waals surface area contributed by atoms with E-state index in [4.69, 9.17) is 21.1 Å². The van der Waals surface area contributed by atoms with Gasteiger partial charge in [0.1, 0.15) is 11.7 Å². The molecule has 1 amide bonds. The third-order valence-electron chi connectivity index (χ3n) is 4.93. The van der Waals surface area contributed by atoms with Gasteiger partial charge in [0.15, 0.2) is 0 Å². The molecule has 2 aliphatic rings. The molecule has 1 aromatic rings. The van der Waals surface area contributed by atoms with E-state index in [0.717, 1.165) is 16.7 Å². The van der Waals surface area contributed by atoms with Gasteiger partial charge in [-0.15, -0.1) is 0 Å². The molecule has 6 heteroatoms. The Kier molecular flexibility index (Phi) is 9.45. The van der Waals surface area contributed by atoms with E-state index in [1.165, 1.54) is 0 Å². The predicted molar refractivity (Wildman–Crippen MR) is 119 cm³/mol. The van der Waals surface area contributed by atoms with E-state index in [1.807, 2.05) is 67.5 Å². The van der Waals surface area contributed by atoms with E-state index in [9.17, 15) is 9.90 Å². The normalized spacial score (nSPS) is 19.5. The average Bonchev–Trinajstić information content (AvgIpc) is 2.97. The minimum atomic E-state index is -0.504. The van der Waals surface area contributed by atoms with Gasteiger partial charge in [0.25, 0.3) is 0 Å². The van der Waals surface area contributed by atoms with Gasteiger partial charge in [-0.25, -0.2) is 4.79 Å². The van der Waals surface area contributed by atoms with Gasteiger partial charge in [-0.05, 0) is 63.3 Å². The highest BCUT2D eigenvalue weighted by Crippen LogP contribution is 2.50.